The molecule has 0 fully saturated rings. The lowest BCUT2D eigenvalue weighted by molar-refractivity contribution is -0.147. The molecule has 2 heterocycles. The van der Waals surface area contributed by atoms with Crippen molar-refractivity contribution < 1.29 is 19.1 Å². The molecule has 0 radical (unpaired) electrons. The Morgan fingerprint density at radius 1 is 1.00 bits per heavy atom. The maximum absolute atomic E-state index is 13.1. The van der Waals surface area contributed by atoms with Crippen LogP contribution in [0.1, 0.15) is 36.3 Å². The molecule has 4 rings (SSSR count). The van der Waals surface area contributed by atoms with Gasteiger partial charge in [-0.15, -0.1) is 0 Å². The minimum Gasteiger partial charge on any atom is -0.459 e. The molecule has 0 saturated carbocycles. The molecule has 0 unspecified atom stereocenters. The van der Waals surface area contributed by atoms with Gasteiger partial charge in [-0.05, 0) is 30.0 Å². The average molecular weight is 460 g/mol. The number of benzene rings is 2. The first kappa shape index (κ1) is 23.4. The van der Waals surface area contributed by atoms with Crippen LogP contribution in [0.5, 0.6) is 0 Å². The van der Waals surface area contributed by atoms with Crippen LogP contribution in [0.3, 0.4) is 0 Å². The van der Waals surface area contributed by atoms with E-state index < -0.39 is 17.9 Å². The van der Waals surface area contributed by atoms with E-state index in [2.05, 4.69) is 10.3 Å². The second-order valence-electron chi connectivity index (χ2n) is 8.70. The van der Waals surface area contributed by atoms with E-state index in [1.54, 1.807) is 19.4 Å². The highest BCUT2D eigenvalue weighted by Crippen LogP contribution is 2.29. The van der Waals surface area contributed by atoms with Crippen LogP contribution in [0.25, 0.3) is 21.8 Å². The summed E-state index contributed by atoms with van der Waals surface area (Å²) in [7, 11) is 1.64. The first-order valence-electron chi connectivity index (χ1n) is 11.3. The Labute approximate surface area is 198 Å². The second-order valence-corrected chi connectivity index (χ2v) is 8.70. The molecular weight excluding hydrogens is 430 g/mol. The van der Waals surface area contributed by atoms with Crippen molar-refractivity contribution in [1.29, 1.82) is 0 Å². The predicted molar refractivity (Wildman–Crippen MR) is 131 cm³/mol. The topological polar surface area (TPSA) is 82.5 Å². The average Bonchev–Trinajstić information content (AvgIpc) is 3.16. The molecule has 7 nitrogen and oxygen atoms in total. The molecular formula is C27H29N3O4. The fourth-order valence-electron chi connectivity index (χ4n) is 4.08. The maximum Gasteiger partial charge on any atom is 0.328 e. The van der Waals surface area contributed by atoms with Crippen LogP contribution in [0.2, 0.25) is 0 Å². The number of aromatic nitrogens is 2. The molecule has 0 aliphatic heterocycles. The summed E-state index contributed by atoms with van der Waals surface area (Å²) >= 11 is 0. The van der Waals surface area contributed by atoms with Crippen molar-refractivity contribution in [2.24, 2.45) is 5.92 Å². The standard InChI is InChI=1S/C27H29N3O4/c1-18(2)13-23(27(32)34-16-19-9-5-4-6-10-19)29-26(31)22-14-21-20-11-7-8-12-24(20)30(17-33-3)25(21)15-28-22/h4-12,14-15,18,23H,13,16-17H2,1-3H3,(H,29,31)/t23-/m0/s1. The quantitative estimate of drug-likeness (QED) is 0.368. The van der Waals surface area contributed by atoms with E-state index in [9.17, 15) is 9.59 Å². The van der Waals surface area contributed by atoms with Gasteiger partial charge in [-0.3, -0.25) is 4.79 Å². The Morgan fingerprint density at radius 2 is 1.74 bits per heavy atom. The third kappa shape index (κ3) is 5.10. The van der Waals surface area contributed by atoms with Crippen LogP contribution in [-0.2, 0) is 27.6 Å². The molecule has 0 aliphatic rings. The van der Waals surface area contributed by atoms with Crippen molar-refractivity contribution in [2.75, 3.05) is 7.11 Å². The zero-order valence-electron chi connectivity index (χ0n) is 19.7. The monoisotopic (exact) mass is 459 g/mol. The number of pyridine rings is 1. The minimum absolute atomic E-state index is 0.160. The fourth-order valence-corrected chi connectivity index (χ4v) is 4.08. The van der Waals surface area contributed by atoms with Gasteiger partial charge in [0.05, 0.1) is 17.2 Å². The van der Waals surface area contributed by atoms with Crippen LogP contribution in [0.4, 0.5) is 0 Å². The lowest BCUT2D eigenvalue weighted by Crippen LogP contribution is -2.43. The molecule has 7 heteroatoms. The summed E-state index contributed by atoms with van der Waals surface area (Å²) in [4.78, 5) is 30.3. The van der Waals surface area contributed by atoms with Crippen molar-refractivity contribution >= 4 is 33.7 Å². The third-order valence-corrected chi connectivity index (χ3v) is 5.67. The molecule has 2 aromatic carbocycles. The highest BCUT2D eigenvalue weighted by Gasteiger charge is 2.25. The second kappa shape index (κ2) is 10.5. The fraction of sp³-hybridized carbons (Fsp3) is 0.296. The zero-order chi connectivity index (χ0) is 24.1. The lowest BCUT2D eigenvalue weighted by Gasteiger charge is -2.19. The van der Waals surface area contributed by atoms with Gasteiger partial charge in [-0.25, -0.2) is 9.78 Å². The molecule has 4 aromatic rings. The number of nitrogens with one attached hydrogen (secondary N) is 1. The molecule has 0 aliphatic carbocycles. The van der Waals surface area contributed by atoms with Crippen molar-refractivity contribution in [1.82, 2.24) is 14.9 Å². The Morgan fingerprint density at radius 3 is 2.47 bits per heavy atom. The van der Waals surface area contributed by atoms with Gasteiger partial charge < -0.3 is 19.4 Å². The van der Waals surface area contributed by atoms with Crippen LogP contribution in [-0.4, -0.2) is 34.6 Å². The Kier molecular flexibility index (Phi) is 7.23. The summed E-state index contributed by atoms with van der Waals surface area (Å²) in [6.45, 7) is 4.53. The molecule has 0 saturated heterocycles. The zero-order valence-corrected chi connectivity index (χ0v) is 19.7. The maximum atomic E-state index is 13.1. The van der Waals surface area contributed by atoms with Crippen molar-refractivity contribution in [3.63, 3.8) is 0 Å². The number of nitrogens with zero attached hydrogens (tertiary/aromatic N) is 2. The van der Waals surface area contributed by atoms with Gasteiger partial charge in [0.15, 0.2) is 0 Å². The smallest absolute Gasteiger partial charge is 0.328 e. The number of fused-ring (bicyclic) bond motifs is 3. The van der Waals surface area contributed by atoms with Crippen LogP contribution in [0.15, 0.2) is 66.9 Å². The Hall–Kier alpha value is -3.71. The summed E-state index contributed by atoms with van der Waals surface area (Å²) < 4.78 is 12.9. The van der Waals surface area contributed by atoms with E-state index in [-0.39, 0.29) is 18.2 Å². The van der Waals surface area contributed by atoms with E-state index in [0.29, 0.717) is 13.2 Å². The summed E-state index contributed by atoms with van der Waals surface area (Å²) in [5.41, 5.74) is 3.02. The number of hydrogen-bond donors (Lipinski definition) is 1. The van der Waals surface area contributed by atoms with E-state index in [0.717, 1.165) is 27.4 Å². The molecule has 1 N–H and O–H groups in total. The molecule has 1 atom stereocenters. The van der Waals surface area contributed by atoms with Crippen LogP contribution in [0, 0.1) is 5.92 Å². The summed E-state index contributed by atoms with van der Waals surface area (Å²) in [5.74, 6) is -0.673. The summed E-state index contributed by atoms with van der Waals surface area (Å²) in [6, 6.07) is 18.4. The number of methoxy groups -OCH3 is 1. The normalized spacial score (nSPS) is 12.2. The summed E-state index contributed by atoms with van der Waals surface area (Å²) in [6.07, 6.45) is 2.14. The minimum atomic E-state index is -0.761. The number of amides is 1. The number of esters is 1. The van der Waals surface area contributed by atoms with E-state index >= 15 is 0 Å². The summed E-state index contributed by atoms with van der Waals surface area (Å²) in [5, 5.41) is 4.75. The van der Waals surface area contributed by atoms with Gasteiger partial charge in [-0.2, -0.15) is 0 Å². The van der Waals surface area contributed by atoms with Gasteiger partial charge in [0.25, 0.3) is 5.91 Å². The number of para-hydroxylation sites is 1. The number of rotatable bonds is 9. The molecule has 0 bridgehead atoms. The number of hydrogen-bond acceptors (Lipinski definition) is 5. The van der Waals surface area contributed by atoms with Crippen molar-refractivity contribution in [3.05, 3.63) is 78.1 Å². The van der Waals surface area contributed by atoms with E-state index in [4.69, 9.17) is 9.47 Å². The Bertz CT molecular complexity index is 1300. The first-order valence-corrected chi connectivity index (χ1v) is 11.3. The first-order chi connectivity index (χ1) is 16.5. The van der Waals surface area contributed by atoms with E-state index in [1.807, 2.05) is 73.0 Å². The van der Waals surface area contributed by atoms with Crippen molar-refractivity contribution in [2.45, 2.75) is 39.6 Å². The van der Waals surface area contributed by atoms with Gasteiger partial charge in [-0.1, -0.05) is 62.4 Å². The third-order valence-electron chi connectivity index (χ3n) is 5.67. The largest absolute Gasteiger partial charge is 0.459 e. The lowest BCUT2D eigenvalue weighted by atomic mass is 10.0. The predicted octanol–water partition coefficient (Wildman–Crippen LogP) is 4.68. The van der Waals surface area contributed by atoms with Gasteiger partial charge >= 0.3 is 5.97 Å². The Balaban J connectivity index is 1.56. The van der Waals surface area contributed by atoms with Crippen LogP contribution >= 0.6 is 0 Å². The van der Waals surface area contributed by atoms with Gasteiger partial charge in [0, 0.05) is 17.9 Å². The van der Waals surface area contributed by atoms with E-state index in [1.165, 1.54) is 0 Å². The molecule has 176 valence electrons. The number of ether oxygens (including phenoxy) is 2. The molecule has 34 heavy (non-hydrogen) atoms. The molecule has 1 amide bonds. The molecule has 0 spiro atoms. The van der Waals surface area contributed by atoms with Gasteiger partial charge in [0.1, 0.15) is 25.1 Å². The van der Waals surface area contributed by atoms with Crippen LogP contribution < -0.4 is 5.32 Å². The highest BCUT2D eigenvalue weighted by molar-refractivity contribution is 6.10. The SMILES string of the molecule is COCn1c2ccccc2c2cc(C(=O)N[C@@H](CC(C)C)C(=O)OCc3ccccc3)ncc21. The van der Waals surface area contributed by atoms with Crippen molar-refractivity contribution in [3.8, 4) is 0 Å². The number of carbonyl (C=O) groups is 2. The van der Waals surface area contributed by atoms with Gasteiger partial charge in [0.2, 0.25) is 0 Å². The molecule has 2 aromatic heterocycles. The number of carbonyl (C=O) groups excluding carboxylic acids is 2. The highest BCUT2D eigenvalue weighted by atomic mass is 16.5.